The molecule has 0 fully saturated rings. The summed E-state index contributed by atoms with van der Waals surface area (Å²) in [6.07, 6.45) is -2.99. The number of amides is 2. The number of aliphatic hydroxyl groups excluding tert-OH is 1. The lowest BCUT2D eigenvalue weighted by Gasteiger charge is -2.25. The Morgan fingerprint density at radius 1 is 1.34 bits per heavy atom. The number of rotatable bonds is 11. The average Bonchev–Trinajstić information content (AvgIpc) is 3.30. The van der Waals surface area contributed by atoms with Gasteiger partial charge in [-0.25, -0.2) is 4.98 Å². The van der Waals surface area contributed by atoms with Crippen LogP contribution in [0.5, 0.6) is 0 Å². The Hall–Kier alpha value is -2.41. The molecule has 3 N–H and O–H groups in total. The second kappa shape index (κ2) is 13.6. The normalized spacial score (nSPS) is 13.7. The topological polar surface area (TPSA) is 104 Å². The van der Waals surface area contributed by atoms with Crippen molar-refractivity contribution in [1.29, 1.82) is 0 Å². The standard InChI is InChI=1S/C22H24ClF3N4O3S2/c1-3-27-21(34-2)18(32)15(5-4-10-22(24,25)26)30-17(31)12-28-19(33)16-11-29-20(35-16)13-6-8-14(23)9-7-13/h3,6-9,11,15,18,32H,1,4-5,10,12H2,2H3,(H,28,33)(H,30,31). The lowest BCUT2D eigenvalue weighted by atomic mass is 10.0. The molecule has 0 bridgehead atoms. The number of nitrogens with one attached hydrogen (secondary N) is 2. The van der Waals surface area contributed by atoms with Crippen LogP contribution in [0.3, 0.4) is 0 Å². The highest BCUT2D eigenvalue weighted by atomic mass is 35.5. The molecule has 35 heavy (non-hydrogen) atoms. The van der Waals surface area contributed by atoms with E-state index in [4.69, 9.17) is 11.6 Å². The Morgan fingerprint density at radius 2 is 2.03 bits per heavy atom. The van der Waals surface area contributed by atoms with Crippen molar-refractivity contribution in [1.82, 2.24) is 15.6 Å². The van der Waals surface area contributed by atoms with Crippen LogP contribution in [0.4, 0.5) is 13.2 Å². The molecule has 0 spiro atoms. The first-order chi connectivity index (χ1) is 16.5. The molecule has 7 nitrogen and oxygen atoms in total. The molecule has 1 aromatic heterocycles. The van der Waals surface area contributed by atoms with E-state index in [2.05, 4.69) is 27.2 Å². The van der Waals surface area contributed by atoms with Crippen molar-refractivity contribution < 1.29 is 27.9 Å². The van der Waals surface area contributed by atoms with Crippen molar-refractivity contribution in [2.45, 2.75) is 37.6 Å². The Kier molecular flexibility index (Phi) is 11.2. The van der Waals surface area contributed by atoms with E-state index in [1.54, 1.807) is 30.5 Å². The fraction of sp³-hybridized carbons (Fsp3) is 0.364. The van der Waals surface area contributed by atoms with Gasteiger partial charge in [0.15, 0.2) is 0 Å². The zero-order valence-corrected chi connectivity index (χ0v) is 21.0. The maximum Gasteiger partial charge on any atom is 0.389 e. The lowest BCUT2D eigenvalue weighted by Crippen LogP contribution is -2.49. The Bertz CT molecular complexity index is 1050. The Balaban J connectivity index is 1.99. The molecule has 0 aliphatic heterocycles. The summed E-state index contributed by atoms with van der Waals surface area (Å²) in [6.45, 7) is 3.00. The van der Waals surface area contributed by atoms with Crippen LogP contribution in [-0.2, 0) is 4.79 Å². The minimum absolute atomic E-state index is 0.142. The van der Waals surface area contributed by atoms with Gasteiger partial charge in [-0.3, -0.25) is 14.6 Å². The molecule has 2 rings (SSSR count). The molecule has 0 saturated heterocycles. The second-order valence-electron chi connectivity index (χ2n) is 7.20. The van der Waals surface area contributed by atoms with E-state index in [-0.39, 0.29) is 22.8 Å². The zero-order valence-electron chi connectivity index (χ0n) is 18.6. The summed E-state index contributed by atoms with van der Waals surface area (Å²) >= 11 is 8.08. The first-order valence-electron chi connectivity index (χ1n) is 10.3. The van der Waals surface area contributed by atoms with E-state index in [0.29, 0.717) is 10.0 Å². The number of thioether (sulfide) groups is 1. The fourth-order valence-electron chi connectivity index (χ4n) is 2.95. The van der Waals surface area contributed by atoms with Crippen LogP contribution in [-0.4, -0.2) is 58.1 Å². The number of halogens is 4. The van der Waals surface area contributed by atoms with Gasteiger partial charge in [0.1, 0.15) is 21.0 Å². The largest absolute Gasteiger partial charge is 0.389 e. The van der Waals surface area contributed by atoms with Crippen LogP contribution >= 0.6 is 34.7 Å². The van der Waals surface area contributed by atoms with E-state index in [1.807, 2.05) is 0 Å². The van der Waals surface area contributed by atoms with E-state index < -0.39 is 43.1 Å². The van der Waals surface area contributed by atoms with Gasteiger partial charge in [-0.15, -0.1) is 23.1 Å². The van der Waals surface area contributed by atoms with Crippen molar-refractivity contribution in [3.05, 3.63) is 53.1 Å². The maximum atomic E-state index is 12.6. The molecule has 1 aromatic carbocycles. The molecule has 0 radical (unpaired) electrons. The van der Waals surface area contributed by atoms with E-state index in [9.17, 15) is 27.9 Å². The van der Waals surface area contributed by atoms with Crippen molar-refractivity contribution in [3.8, 4) is 10.6 Å². The molecular formula is C22H24ClF3N4O3S2. The number of thiazole rings is 1. The van der Waals surface area contributed by atoms with Crippen molar-refractivity contribution in [2.24, 2.45) is 4.99 Å². The molecule has 2 atom stereocenters. The third-order valence-electron chi connectivity index (χ3n) is 4.61. The van der Waals surface area contributed by atoms with Crippen LogP contribution in [0.25, 0.3) is 10.6 Å². The molecule has 0 saturated carbocycles. The van der Waals surface area contributed by atoms with Crippen LogP contribution in [0.2, 0.25) is 5.02 Å². The molecule has 190 valence electrons. The highest BCUT2D eigenvalue weighted by Gasteiger charge is 2.30. The summed E-state index contributed by atoms with van der Waals surface area (Å²) in [4.78, 5) is 33.3. The van der Waals surface area contributed by atoms with Gasteiger partial charge in [-0.2, -0.15) is 13.2 Å². The van der Waals surface area contributed by atoms with Crippen molar-refractivity contribution >= 4 is 51.6 Å². The first kappa shape index (κ1) is 28.8. The van der Waals surface area contributed by atoms with Crippen LogP contribution in [0.15, 0.2) is 48.2 Å². The number of alkyl halides is 3. The molecule has 0 aliphatic carbocycles. The first-order valence-corrected chi connectivity index (χ1v) is 12.7. The van der Waals surface area contributed by atoms with Gasteiger partial charge in [0.05, 0.1) is 18.8 Å². The Labute approximate surface area is 213 Å². The average molecular weight is 549 g/mol. The summed E-state index contributed by atoms with van der Waals surface area (Å²) in [5, 5.41) is 16.9. The number of carbonyl (C=O) groups is 2. The summed E-state index contributed by atoms with van der Waals surface area (Å²) in [5.41, 5.74) is 0.776. The summed E-state index contributed by atoms with van der Waals surface area (Å²) in [6, 6.07) is 5.89. The number of carbonyl (C=O) groups excluding carboxylic acids is 2. The highest BCUT2D eigenvalue weighted by Crippen LogP contribution is 2.26. The number of nitrogens with zero attached hydrogens (tertiary/aromatic N) is 2. The quantitative estimate of drug-likeness (QED) is 0.279. The van der Waals surface area contributed by atoms with Crippen molar-refractivity contribution in [2.75, 3.05) is 12.8 Å². The van der Waals surface area contributed by atoms with Gasteiger partial charge < -0.3 is 15.7 Å². The minimum atomic E-state index is -4.36. The molecule has 1 heterocycles. The summed E-state index contributed by atoms with van der Waals surface area (Å²) in [7, 11) is 0. The number of hydrogen-bond donors (Lipinski definition) is 3. The maximum absolute atomic E-state index is 12.6. The predicted octanol–water partition coefficient (Wildman–Crippen LogP) is 4.68. The molecule has 0 aliphatic rings. The van der Waals surface area contributed by atoms with Crippen LogP contribution < -0.4 is 10.6 Å². The van der Waals surface area contributed by atoms with Crippen LogP contribution in [0.1, 0.15) is 28.9 Å². The van der Waals surface area contributed by atoms with Gasteiger partial charge >= 0.3 is 6.18 Å². The summed E-state index contributed by atoms with van der Waals surface area (Å²) < 4.78 is 37.7. The summed E-state index contributed by atoms with van der Waals surface area (Å²) in [5.74, 6) is -1.21. The highest BCUT2D eigenvalue weighted by molar-refractivity contribution is 8.13. The molecule has 13 heteroatoms. The third-order valence-corrected chi connectivity index (χ3v) is 6.68. The van der Waals surface area contributed by atoms with Crippen molar-refractivity contribution in [3.63, 3.8) is 0 Å². The predicted molar refractivity (Wildman–Crippen MR) is 134 cm³/mol. The number of aliphatic hydroxyl groups is 1. The van der Waals surface area contributed by atoms with Crippen LogP contribution in [0, 0.1) is 0 Å². The molecular weight excluding hydrogens is 525 g/mol. The zero-order chi connectivity index (χ0) is 26.0. The van der Waals surface area contributed by atoms with Gasteiger partial charge in [0.2, 0.25) is 5.91 Å². The molecule has 2 amide bonds. The Morgan fingerprint density at radius 3 is 2.63 bits per heavy atom. The third kappa shape index (κ3) is 9.63. The van der Waals surface area contributed by atoms with Gasteiger partial charge in [0, 0.05) is 23.2 Å². The van der Waals surface area contributed by atoms with Gasteiger partial charge in [-0.1, -0.05) is 30.3 Å². The van der Waals surface area contributed by atoms with E-state index >= 15 is 0 Å². The monoisotopic (exact) mass is 548 g/mol. The SMILES string of the molecule is C=CN=C(SC)C(O)C(CCCC(F)(F)F)NC(=O)CNC(=O)c1cnc(-c2ccc(Cl)cc2)s1. The minimum Gasteiger partial charge on any atom is -0.384 e. The van der Waals surface area contributed by atoms with E-state index in [1.165, 1.54) is 12.4 Å². The fourth-order valence-corrected chi connectivity index (χ4v) is 4.50. The van der Waals surface area contributed by atoms with E-state index in [0.717, 1.165) is 28.7 Å². The number of hydrogen-bond acceptors (Lipinski definition) is 7. The lowest BCUT2D eigenvalue weighted by molar-refractivity contribution is -0.136. The second-order valence-corrected chi connectivity index (χ2v) is 9.49. The molecule has 2 aromatic rings. The number of aromatic nitrogens is 1. The number of benzene rings is 1. The number of aliphatic imine (C=N–C) groups is 1. The van der Waals surface area contributed by atoms with Gasteiger partial charge in [-0.05, 0) is 31.2 Å². The molecule has 2 unspecified atom stereocenters. The smallest absolute Gasteiger partial charge is 0.384 e. The van der Waals surface area contributed by atoms with Gasteiger partial charge in [0.25, 0.3) is 5.91 Å².